The van der Waals surface area contributed by atoms with Crippen molar-refractivity contribution in [2.45, 2.75) is 6.54 Å². The van der Waals surface area contributed by atoms with E-state index in [1.54, 1.807) is 18.5 Å². The number of benzene rings is 2. The number of halogens is 1. The van der Waals surface area contributed by atoms with Gasteiger partial charge >= 0.3 is 0 Å². The van der Waals surface area contributed by atoms with Gasteiger partial charge in [-0.1, -0.05) is 6.07 Å². The Kier molecular flexibility index (Phi) is 4.53. The smallest absolute Gasteiger partial charge is 0.257 e. The van der Waals surface area contributed by atoms with Gasteiger partial charge in [0.05, 0.1) is 17.8 Å². The summed E-state index contributed by atoms with van der Waals surface area (Å²) in [5.74, 6) is -0.628. The van der Waals surface area contributed by atoms with Gasteiger partial charge in [0, 0.05) is 35.0 Å². The van der Waals surface area contributed by atoms with Gasteiger partial charge in [-0.15, -0.1) is 0 Å². The van der Waals surface area contributed by atoms with E-state index in [9.17, 15) is 9.18 Å². The Hall–Kier alpha value is -3.67. The van der Waals surface area contributed by atoms with Crippen LogP contribution in [0, 0.1) is 5.82 Å². The van der Waals surface area contributed by atoms with Gasteiger partial charge in [-0.3, -0.25) is 9.78 Å². The molecule has 0 atom stereocenters. The molecule has 2 heterocycles. The first-order chi connectivity index (χ1) is 13.2. The number of amides is 1. The summed E-state index contributed by atoms with van der Waals surface area (Å²) < 4.78 is 13.5. The fourth-order valence-electron chi connectivity index (χ4n) is 2.84. The number of carbonyl (C=O) groups excluding carboxylic acids is 1. The molecule has 0 aliphatic carbocycles. The molecule has 4 rings (SSSR count). The van der Waals surface area contributed by atoms with E-state index in [0.717, 1.165) is 17.1 Å². The molecule has 0 fully saturated rings. The first-order valence-electron chi connectivity index (χ1n) is 8.51. The van der Waals surface area contributed by atoms with E-state index in [2.05, 4.69) is 20.9 Å². The van der Waals surface area contributed by atoms with Crippen molar-refractivity contribution in [2.75, 3.05) is 16.0 Å². The molecule has 1 aromatic heterocycles. The van der Waals surface area contributed by atoms with Crippen LogP contribution in [0.15, 0.2) is 73.1 Å². The number of nitrogens with one attached hydrogen (secondary N) is 3. The summed E-state index contributed by atoms with van der Waals surface area (Å²) in [4.78, 5) is 16.3. The Labute approximate surface area is 156 Å². The SMILES string of the molecule is O=C1Nc2ccc(F)cc2C1=CNc1ccc(NCc2ccccn2)cc1. The molecule has 1 aliphatic heterocycles. The molecule has 0 spiro atoms. The van der Waals surface area contributed by atoms with Crippen LogP contribution in [0.5, 0.6) is 0 Å². The molecule has 1 amide bonds. The average molecular weight is 360 g/mol. The van der Waals surface area contributed by atoms with Crippen LogP contribution in [0.2, 0.25) is 0 Å². The zero-order valence-corrected chi connectivity index (χ0v) is 14.4. The Morgan fingerprint density at radius 2 is 1.85 bits per heavy atom. The van der Waals surface area contributed by atoms with Crippen molar-refractivity contribution >= 4 is 28.5 Å². The standard InChI is InChI=1S/C21H17FN4O/c22-14-4-9-20-18(11-14)19(21(27)26-20)13-25-16-7-5-15(6-8-16)24-12-17-3-1-2-10-23-17/h1-11,13,24-25H,12H2,(H,26,27). The summed E-state index contributed by atoms with van der Waals surface area (Å²) in [6.45, 7) is 0.639. The summed E-state index contributed by atoms with van der Waals surface area (Å²) in [6, 6.07) is 17.7. The minimum absolute atomic E-state index is 0.253. The summed E-state index contributed by atoms with van der Waals surface area (Å²) in [6.07, 6.45) is 3.36. The molecule has 1 aliphatic rings. The molecule has 0 saturated heterocycles. The molecule has 0 unspecified atom stereocenters. The van der Waals surface area contributed by atoms with Crippen LogP contribution < -0.4 is 16.0 Å². The Balaban J connectivity index is 1.43. The van der Waals surface area contributed by atoms with Crippen LogP contribution in [0.25, 0.3) is 5.57 Å². The van der Waals surface area contributed by atoms with Crippen molar-refractivity contribution < 1.29 is 9.18 Å². The minimum atomic E-state index is -0.375. The maximum Gasteiger partial charge on any atom is 0.257 e. The van der Waals surface area contributed by atoms with Gasteiger partial charge in [0.2, 0.25) is 0 Å². The number of hydrogen-bond acceptors (Lipinski definition) is 4. The van der Waals surface area contributed by atoms with E-state index >= 15 is 0 Å². The maximum absolute atomic E-state index is 13.5. The largest absolute Gasteiger partial charge is 0.379 e. The van der Waals surface area contributed by atoms with Crippen LogP contribution in [0.1, 0.15) is 11.3 Å². The van der Waals surface area contributed by atoms with Crippen LogP contribution in [-0.4, -0.2) is 10.9 Å². The normalized spacial score (nSPS) is 14.0. The van der Waals surface area contributed by atoms with Crippen molar-refractivity contribution in [3.05, 3.63) is 90.1 Å². The molecule has 2 aromatic carbocycles. The first-order valence-corrected chi connectivity index (χ1v) is 8.51. The van der Waals surface area contributed by atoms with Crippen LogP contribution in [0.3, 0.4) is 0 Å². The predicted molar refractivity (Wildman–Crippen MR) is 105 cm³/mol. The number of anilines is 3. The van der Waals surface area contributed by atoms with Gasteiger partial charge in [0.1, 0.15) is 5.82 Å². The highest BCUT2D eigenvalue weighted by Gasteiger charge is 2.24. The summed E-state index contributed by atoms with van der Waals surface area (Å²) >= 11 is 0. The Bertz CT molecular complexity index is 1000. The third-order valence-electron chi connectivity index (χ3n) is 4.23. The van der Waals surface area contributed by atoms with E-state index in [1.165, 1.54) is 12.1 Å². The average Bonchev–Trinajstić information content (AvgIpc) is 3.01. The maximum atomic E-state index is 13.5. The third-order valence-corrected chi connectivity index (χ3v) is 4.23. The molecule has 134 valence electrons. The van der Waals surface area contributed by atoms with Gasteiger partial charge < -0.3 is 16.0 Å². The second-order valence-corrected chi connectivity index (χ2v) is 6.10. The molecule has 27 heavy (non-hydrogen) atoms. The quantitative estimate of drug-likeness (QED) is 0.596. The lowest BCUT2D eigenvalue weighted by Crippen LogP contribution is -2.05. The number of nitrogens with zero attached hydrogens (tertiary/aromatic N) is 1. The van der Waals surface area contributed by atoms with E-state index in [4.69, 9.17) is 0 Å². The van der Waals surface area contributed by atoms with Crippen molar-refractivity contribution in [2.24, 2.45) is 0 Å². The number of fused-ring (bicyclic) bond motifs is 1. The Morgan fingerprint density at radius 1 is 1.04 bits per heavy atom. The van der Waals surface area contributed by atoms with Crippen molar-refractivity contribution in [1.82, 2.24) is 4.98 Å². The summed E-state index contributed by atoms with van der Waals surface area (Å²) in [5.41, 5.74) is 4.32. The van der Waals surface area contributed by atoms with Gasteiger partial charge in [-0.25, -0.2) is 4.39 Å². The molecule has 3 aromatic rings. The zero-order chi connectivity index (χ0) is 18.6. The van der Waals surface area contributed by atoms with Crippen LogP contribution in [0.4, 0.5) is 21.5 Å². The van der Waals surface area contributed by atoms with Gasteiger partial charge in [-0.2, -0.15) is 0 Å². The van der Waals surface area contributed by atoms with Gasteiger partial charge in [-0.05, 0) is 54.6 Å². The first kappa shape index (κ1) is 16.8. The molecule has 6 heteroatoms. The highest BCUT2D eigenvalue weighted by Crippen LogP contribution is 2.32. The fourth-order valence-corrected chi connectivity index (χ4v) is 2.84. The monoisotopic (exact) mass is 360 g/mol. The van der Waals surface area contributed by atoms with Crippen molar-refractivity contribution in [1.29, 1.82) is 0 Å². The van der Waals surface area contributed by atoms with Crippen molar-refractivity contribution in [3.8, 4) is 0 Å². The fraction of sp³-hybridized carbons (Fsp3) is 0.0476. The predicted octanol–water partition coefficient (Wildman–Crippen LogP) is 4.24. The molecular formula is C21H17FN4O. The van der Waals surface area contributed by atoms with Gasteiger partial charge in [0.15, 0.2) is 0 Å². The lowest BCUT2D eigenvalue weighted by atomic mass is 10.1. The second-order valence-electron chi connectivity index (χ2n) is 6.10. The molecule has 0 saturated carbocycles. The topological polar surface area (TPSA) is 66.1 Å². The molecular weight excluding hydrogens is 343 g/mol. The molecule has 5 nitrogen and oxygen atoms in total. The molecule has 0 radical (unpaired) electrons. The number of aromatic nitrogens is 1. The number of carbonyl (C=O) groups is 1. The zero-order valence-electron chi connectivity index (χ0n) is 14.4. The molecule has 3 N–H and O–H groups in total. The van der Waals surface area contributed by atoms with Crippen LogP contribution in [-0.2, 0) is 11.3 Å². The lowest BCUT2D eigenvalue weighted by Gasteiger charge is -2.07. The second kappa shape index (κ2) is 7.29. The third kappa shape index (κ3) is 3.79. The Morgan fingerprint density at radius 3 is 2.63 bits per heavy atom. The van der Waals surface area contributed by atoms with E-state index in [1.807, 2.05) is 42.5 Å². The van der Waals surface area contributed by atoms with E-state index in [0.29, 0.717) is 23.4 Å². The number of pyridine rings is 1. The van der Waals surface area contributed by atoms with E-state index in [-0.39, 0.29) is 11.7 Å². The number of hydrogen-bond donors (Lipinski definition) is 3. The van der Waals surface area contributed by atoms with Gasteiger partial charge in [0.25, 0.3) is 5.91 Å². The lowest BCUT2D eigenvalue weighted by molar-refractivity contribution is -0.110. The summed E-state index contributed by atoms with van der Waals surface area (Å²) in [5, 5.41) is 9.12. The van der Waals surface area contributed by atoms with Crippen LogP contribution >= 0.6 is 0 Å². The minimum Gasteiger partial charge on any atom is -0.379 e. The molecule has 0 bridgehead atoms. The highest BCUT2D eigenvalue weighted by atomic mass is 19.1. The summed E-state index contributed by atoms with van der Waals surface area (Å²) in [7, 11) is 0. The van der Waals surface area contributed by atoms with E-state index < -0.39 is 0 Å². The number of rotatable bonds is 5. The van der Waals surface area contributed by atoms with Crippen molar-refractivity contribution in [3.63, 3.8) is 0 Å². The highest BCUT2D eigenvalue weighted by molar-refractivity contribution is 6.31.